The number of fused-ring (bicyclic) bond motifs is 1. The van der Waals surface area contributed by atoms with E-state index in [1.165, 1.54) is 34.7 Å². The van der Waals surface area contributed by atoms with Crippen molar-refractivity contribution in [2.75, 3.05) is 5.75 Å². The molecule has 0 amide bonds. The molecule has 106 valence electrons. The molecule has 2 heterocycles. The van der Waals surface area contributed by atoms with Crippen LogP contribution in [-0.4, -0.2) is 10.3 Å². The Balaban J connectivity index is 1.69. The van der Waals surface area contributed by atoms with Crippen LogP contribution in [0.25, 0.3) is 0 Å². The molecule has 1 aromatic heterocycles. The van der Waals surface area contributed by atoms with Crippen molar-refractivity contribution in [3.63, 3.8) is 0 Å². The van der Waals surface area contributed by atoms with Gasteiger partial charge in [0.1, 0.15) is 0 Å². The lowest BCUT2D eigenvalue weighted by molar-refractivity contribution is 0.493. The van der Waals surface area contributed by atoms with E-state index in [9.17, 15) is 0 Å². The Hall–Kier alpha value is -1.19. The maximum atomic E-state index is 3.74. The number of benzene rings is 1. The quantitative estimate of drug-likeness (QED) is 0.886. The highest BCUT2D eigenvalue weighted by Gasteiger charge is 2.19. The molecular weight excluding hydrogens is 264 g/mol. The fraction of sp³-hybridized carbons (Fsp3) is 0.412. The fourth-order valence-corrected chi connectivity index (χ4v) is 3.98. The van der Waals surface area contributed by atoms with Crippen molar-refractivity contribution in [2.45, 2.75) is 43.8 Å². The van der Waals surface area contributed by atoms with E-state index in [0.717, 1.165) is 13.1 Å². The van der Waals surface area contributed by atoms with Crippen LogP contribution in [0.15, 0.2) is 47.5 Å². The number of hydrogen-bond donors (Lipinski definition) is 1. The number of aromatic nitrogens is 1. The summed E-state index contributed by atoms with van der Waals surface area (Å²) >= 11 is 1.98. The molecule has 0 saturated carbocycles. The van der Waals surface area contributed by atoms with Gasteiger partial charge < -0.3 is 9.88 Å². The zero-order valence-corrected chi connectivity index (χ0v) is 12.8. The lowest BCUT2D eigenvalue weighted by Crippen LogP contribution is -2.25. The van der Waals surface area contributed by atoms with Gasteiger partial charge in [-0.1, -0.05) is 25.1 Å². The van der Waals surface area contributed by atoms with Crippen LogP contribution >= 0.6 is 11.8 Å². The smallest absolute Gasteiger partial charge is 0.0364 e. The van der Waals surface area contributed by atoms with E-state index in [4.69, 9.17) is 0 Å². The molecule has 0 fully saturated rings. The number of thioether (sulfide) groups is 1. The summed E-state index contributed by atoms with van der Waals surface area (Å²) in [6.45, 7) is 4.30. The molecule has 1 aliphatic rings. The van der Waals surface area contributed by atoms with E-state index in [1.54, 1.807) is 0 Å². The fourth-order valence-electron chi connectivity index (χ4n) is 2.85. The highest BCUT2D eigenvalue weighted by atomic mass is 32.2. The Kier molecular flexibility index (Phi) is 4.48. The predicted molar refractivity (Wildman–Crippen MR) is 86.1 cm³/mol. The SMILES string of the molecule is CCCn1cccc1CNC1CCSc2ccccc21. The molecule has 1 aromatic carbocycles. The summed E-state index contributed by atoms with van der Waals surface area (Å²) in [5.74, 6) is 1.21. The summed E-state index contributed by atoms with van der Waals surface area (Å²) in [5.41, 5.74) is 2.86. The van der Waals surface area contributed by atoms with Crippen LogP contribution < -0.4 is 5.32 Å². The van der Waals surface area contributed by atoms with Crippen molar-refractivity contribution in [3.05, 3.63) is 53.9 Å². The Morgan fingerprint density at radius 3 is 3.05 bits per heavy atom. The highest BCUT2D eigenvalue weighted by molar-refractivity contribution is 7.99. The van der Waals surface area contributed by atoms with Crippen LogP contribution in [0.4, 0.5) is 0 Å². The van der Waals surface area contributed by atoms with E-state index in [2.05, 4.69) is 59.4 Å². The molecule has 2 nitrogen and oxygen atoms in total. The summed E-state index contributed by atoms with van der Waals surface area (Å²) in [6.07, 6.45) is 4.59. The van der Waals surface area contributed by atoms with Crippen molar-refractivity contribution >= 4 is 11.8 Å². The van der Waals surface area contributed by atoms with E-state index in [-0.39, 0.29) is 0 Å². The van der Waals surface area contributed by atoms with E-state index in [0.29, 0.717) is 6.04 Å². The monoisotopic (exact) mass is 286 g/mol. The van der Waals surface area contributed by atoms with Crippen LogP contribution in [-0.2, 0) is 13.1 Å². The maximum Gasteiger partial charge on any atom is 0.0364 e. The van der Waals surface area contributed by atoms with E-state index in [1.807, 2.05) is 11.8 Å². The van der Waals surface area contributed by atoms with Gasteiger partial charge in [0, 0.05) is 35.9 Å². The van der Waals surface area contributed by atoms with Crippen LogP contribution in [0, 0.1) is 0 Å². The van der Waals surface area contributed by atoms with Crippen molar-refractivity contribution in [3.8, 4) is 0 Å². The number of nitrogens with one attached hydrogen (secondary N) is 1. The first-order chi connectivity index (χ1) is 9.88. The van der Waals surface area contributed by atoms with Crippen molar-refractivity contribution in [1.82, 2.24) is 9.88 Å². The average Bonchev–Trinajstić information content (AvgIpc) is 2.93. The van der Waals surface area contributed by atoms with Gasteiger partial charge in [-0.05, 0) is 42.4 Å². The Labute approximate surface area is 125 Å². The third-order valence-corrected chi connectivity index (χ3v) is 5.00. The van der Waals surface area contributed by atoms with Gasteiger partial charge in [0.25, 0.3) is 0 Å². The number of rotatable bonds is 5. The molecule has 20 heavy (non-hydrogen) atoms. The zero-order valence-electron chi connectivity index (χ0n) is 12.0. The Morgan fingerprint density at radius 2 is 2.15 bits per heavy atom. The Morgan fingerprint density at radius 1 is 1.25 bits per heavy atom. The largest absolute Gasteiger partial charge is 0.350 e. The number of hydrogen-bond acceptors (Lipinski definition) is 2. The minimum Gasteiger partial charge on any atom is -0.350 e. The highest BCUT2D eigenvalue weighted by Crippen LogP contribution is 2.35. The molecule has 2 aromatic rings. The molecular formula is C17H22N2S. The molecule has 1 atom stereocenters. The molecule has 0 spiro atoms. The molecule has 0 bridgehead atoms. The molecule has 3 rings (SSSR count). The second-order valence-corrected chi connectivity index (χ2v) is 6.44. The predicted octanol–water partition coefficient (Wildman–Crippen LogP) is 4.22. The summed E-state index contributed by atoms with van der Waals surface area (Å²) in [5, 5.41) is 3.74. The molecule has 0 saturated heterocycles. The van der Waals surface area contributed by atoms with Gasteiger partial charge in [-0.25, -0.2) is 0 Å². The summed E-state index contributed by atoms with van der Waals surface area (Å²) in [6, 6.07) is 13.7. The van der Waals surface area contributed by atoms with E-state index >= 15 is 0 Å². The zero-order chi connectivity index (χ0) is 13.8. The molecule has 1 unspecified atom stereocenters. The third kappa shape index (κ3) is 2.94. The van der Waals surface area contributed by atoms with Gasteiger partial charge in [-0.3, -0.25) is 0 Å². The Bertz CT molecular complexity index is 562. The summed E-state index contributed by atoms with van der Waals surface area (Å²) < 4.78 is 2.36. The number of aryl methyl sites for hydroxylation is 1. The van der Waals surface area contributed by atoms with Gasteiger partial charge in [-0.15, -0.1) is 11.8 Å². The van der Waals surface area contributed by atoms with Gasteiger partial charge >= 0.3 is 0 Å². The lowest BCUT2D eigenvalue weighted by Gasteiger charge is -2.26. The first kappa shape index (κ1) is 13.8. The van der Waals surface area contributed by atoms with Crippen molar-refractivity contribution in [1.29, 1.82) is 0 Å². The van der Waals surface area contributed by atoms with Gasteiger partial charge in [-0.2, -0.15) is 0 Å². The lowest BCUT2D eigenvalue weighted by atomic mass is 10.0. The third-order valence-electron chi connectivity index (χ3n) is 3.88. The van der Waals surface area contributed by atoms with Gasteiger partial charge in [0.15, 0.2) is 0 Å². The number of nitrogens with zero attached hydrogens (tertiary/aromatic N) is 1. The van der Waals surface area contributed by atoms with Crippen molar-refractivity contribution in [2.24, 2.45) is 0 Å². The molecule has 0 aliphatic carbocycles. The standard InChI is InChI=1S/C17H22N2S/c1-2-10-19-11-5-6-14(19)13-18-16-9-12-20-17-8-4-3-7-15(16)17/h3-8,11,16,18H,2,9-10,12-13H2,1H3. The topological polar surface area (TPSA) is 17.0 Å². The minimum atomic E-state index is 0.498. The van der Waals surface area contributed by atoms with Crippen LogP contribution in [0.2, 0.25) is 0 Å². The second-order valence-electron chi connectivity index (χ2n) is 5.30. The molecule has 0 radical (unpaired) electrons. The summed E-state index contributed by atoms with van der Waals surface area (Å²) in [7, 11) is 0. The van der Waals surface area contributed by atoms with E-state index < -0.39 is 0 Å². The molecule has 3 heteroatoms. The van der Waals surface area contributed by atoms with Gasteiger partial charge in [0.2, 0.25) is 0 Å². The summed E-state index contributed by atoms with van der Waals surface area (Å²) in [4.78, 5) is 1.44. The first-order valence-corrected chi connectivity index (χ1v) is 8.46. The molecule has 1 aliphatic heterocycles. The van der Waals surface area contributed by atoms with Crippen molar-refractivity contribution < 1.29 is 0 Å². The van der Waals surface area contributed by atoms with Crippen LogP contribution in [0.5, 0.6) is 0 Å². The van der Waals surface area contributed by atoms with Crippen LogP contribution in [0.1, 0.15) is 37.1 Å². The van der Waals surface area contributed by atoms with Crippen LogP contribution in [0.3, 0.4) is 0 Å². The normalized spacial score (nSPS) is 17.9. The second kappa shape index (κ2) is 6.51. The molecule has 1 N–H and O–H groups in total. The average molecular weight is 286 g/mol. The maximum absolute atomic E-state index is 3.74. The first-order valence-electron chi connectivity index (χ1n) is 7.47. The minimum absolute atomic E-state index is 0.498. The van der Waals surface area contributed by atoms with Gasteiger partial charge in [0.05, 0.1) is 0 Å².